The second-order valence-electron chi connectivity index (χ2n) is 10.4. The van der Waals surface area contributed by atoms with Crippen LogP contribution in [0.15, 0.2) is 138 Å². The molecular formula is C36H22N6O. The maximum absolute atomic E-state index is 6.49. The molecule has 0 aliphatic heterocycles. The van der Waals surface area contributed by atoms with Gasteiger partial charge in [-0.25, -0.2) is 24.5 Å². The molecule has 0 unspecified atom stereocenters. The van der Waals surface area contributed by atoms with Gasteiger partial charge in [-0.3, -0.25) is 4.40 Å². The van der Waals surface area contributed by atoms with E-state index in [1.54, 1.807) is 0 Å². The third-order valence-electron chi connectivity index (χ3n) is 7.78. The van der Waals surface area contributed by atoms with Crippen molar-refractivity contribution in [3.05, 3.63) is 133 Å². The topological polar surface area (TPSA) is 74.0 Å². The Kier molecular flexibility index (Phi) is 5.06. The standard InChI is InChI=1S/C36H22N6O/c1-3-12-23(13-4-1)32-38-33(24-14-5-2-6-15-24)40-34(39-32)25-16-11-17-26(22-25)41-35-31(27-18-7-10-21-30(27)43-35)42-29-20-9-8-19-28(29)37-36(41)42/h1-22H. The molecule has 4 heterocycles. The summed E-state index contributed by atoms with van der Waals surface area (Å²) in [6, 6.07) is 44.5. The van der Waals surface area contributed by atoms with E-state index in [2.05, 4.69) is 33.2 Å². The lowest BCUT2D eigenvalue weighted by Gasteiger charge is -2.10. The van der Waals surface area contributed by atoms with Crippen molar-refractivity contribution in [2.24, 2.45) is 0 Å². The van der Waals surface area contributed by atoms with Gasteiger partial charge in [0, 0.05) is 22.1 Å². The molecule has 0 saturated carbocycles. The number of benzene rings is 5. The smallest absolute Gasteiger partial charge is 0.232 e. The zero-order chi connectivity index (χ0) is 28.3. The van der Waals surface area contributed by atoms with Gasteiger partial charge in [-0.2, -0.15) is 0 Å². The van der Waals surface area contributed by atoms with E-state index in [9.17, 15) is 0 Å². The van der Waals surface area contributed by atoms with Crippen LogP contribution in [0.2, 0.25) is 0 Å². The second kappa shape index (κ2) is 9.22. The molecule has 0 aliphatic carbocycles. The fourth-order valence-electron chi connectivity index (χ4n) is 5.82. The lowest BCUT2D eigenvalue weighted by Crippen LogP contribution is -2.01. The molecule has 0 aliphatic rings. The van der Waals surface area contributed by atoms with Crippen molar-refractivity contribution in [3.8, 4) is 39.9 Å². The summed E-state index contributed by atoms with van der Waals surface area (Å²) in [5.74, 6) is 2.62. The van der Waals surface area contributed by atoms with E-state index < -0.39 is 0 Å². The third kappa shape index (κ3) is 3.68. The van der Waals surface area contributed by atoms with Crippen LogP contribution in [0.4, 0.5) is 0 Å². The highest BCUT2D eigenvalue weighted by Crippen LogP contribution is 2.36. The monoisotopic (exact) mass is 554 g/mol. The predicted molar refractivity (Wildman–Crippen MR) is 169 cm³/mol. The Morgan fingerprint density at radius 1 is 0.512 bits per heavy atom. The van der Waals surface area contributed by atoms with E-state index in [0.717, 1.165) is 61.4 Å². The average Bonchev–Trinajstić information content (AvgIpc) is 3.72. The quantitative estimate of drug-likeness (QED) is 0.219. The molecule has 0 saturated heterocycles. The van der Waals surface area contributed by atoms with Crippen molar-refractivity contribution in [2.45, 2.75) is 0 Å². The molecule has 202 valence electrons. The number of para-hydroxylation sites is 3. The van der Waals surface area contributed by atoms with Gasteiger partial charge in [-0.05, 0) is 36.4 Å². The molecule has 43 heavy (non-hydrogen) atoms. The summed E-state index contributed by atoms with van der Waals surface area (Å²) in [5, 5.41) is 1.04. The molecule has 4 aromatic heterocycles. The van der Waals surface area contributed by atoms with Crippen LogP contribution >= 0.6 is 0 Å². The van der Waals surface area contributed by atoms with Gasteiger partial charge in [-0.15, -0.1) is 0 Å². The van der Waals surface area contributed by atoms with E-state index in [1.807, 2.05) is 109 Å². The van der Waals surface area contributed by atoms with Crippen molar-refractivity contribution in [1.82, 2.24) is 28.9 Å². The summed E-state index contributed by atoms with van der Waals surface area (Å²) < 4.78 is 10.8. The van der Waals surface area contributed by atoms with E-state index in [4.69, 9.17) is 24.4 Å². The summed E-state index contributed by atoms with van der Waals surface area (Å²) in [5.41, 5.74) is 8.12. The molecule has 7 heteroatoms. The van der Waals surface area contributed by atoms with Gasteiger partial charge in [0.15, 0.2) is 17.5 Å². The number of hydrogen-bond donors (Lipinski definition) is 0. The van der Waals surface area contributed by atoms with Gasteiger partial charge in [0.1, 0.15) is 11.1 Å². The van der Waals surface area contributed by atoms with E-state index in [-0.39, 0.29) is 0 Å². The number of rotatable bonds is 4. The Morgan fingerprint density at radius 2 is 1.12 bits per heavy atom. The van der Waals surface area contributed by atoms with Crippen molar-refractivity contribution < 1.29 is 4.42 Å². The Balaban J connectivity index is 1.29. The molecule has 0 radical (unpaired) electrons. The summed E-state index contributed by atoms with van der Waals surface area (Å²) in [6.45, 7) is 0. The molecular weight excluding hydrogens is 532 g/mol. The molecule has 0 bridgehead atoms. The Morgan fingerprint density at radius 3 is 1.86 bits per heavy atom. The van der Waals surface area contributed by atoms with Gasteiger partial charge < -0.3 is 4.42 Å². The van der Waals surface area contributed by atoms with Gasteiger partial charge in [0.25, 0.3) is 0 Å². The zero-order valence-corrected chi connectivity index (χ0v) is 22.8. The lowest BCUT2D eigenvalue weighted by atomic mass is 10.1. The normalized spacial score (nSPS) is 11.7. The predicted octanol–water partition coefficient (Wildman–Crippen LogP) is 8.36. The highest BCUT2D eigenvalue weighted by molar-refractivity contribution is 6.06. The summed E-state index contributed by atoms with van der Waals surface area (Å²) >= 11 is 0. The fraction of sp³-hybridized carbons (Fsp3) is 0. The minimum Gasteiger partial charge on any atom is -0.437 e. The first kappa shape index (κ1) is 23.6. The van der Waals surface area contributed by atoms with Gasteiger partial charge >= 0.3 is 0 Å². The minimum atomic E-state index is 0.590. The number of nitrogens with zero attached hydrogens (tertiary/aromatic N) is 6. The van der Waals surface area contributed by atoms with Crippen LogP contribution in [0.1, 0.15) is 0 Å². The van der Waals surface area contributed by atoms with Crippen molar-refractivity contribution in [1.29, 1.82) is 0 Å². The maximum atomic E-state index is 6.49. The van der Waals surface area contributed by atoms with Crippen LogP contribution in [0.5, 0.6) is 0 Å². The van der Waals surface area contributed by atoms with Gasteiger partial charge in [0.2, 0.25) is 11.5 Å². The van der Waals surface area contributed by atoms with Crippen LogP contribution < -0.4 is 0 Å². The zero-order valence-electron chi connectivity index (χ0n) is 22.8. The number of aromatic nitrogens is 6. The maximum Gasteiger partial charge on any atom is 0.232 e. The van der Waals surface area contributed by atoms with Crippen LogP contribution in [-0.2, 0) is 0 Å². The van der Waals surface area contributed by atoms with Crippen LogP contribution in [0.3, 0.4) is 0 Å². The van der Waals surface area contributed by atoms with E-state index in [0.29, 0.717) is 17.5 Å². The number of imidazole rings is 2. The van der Waals surface area contributed by atoms with Crippen molar-refractivity contribution in [3.63, 3.8) is 0 Å². The number of hydrogen-bond acceptors (Lipinski definition) is 5. The molecule has 9 rings (SSSR count). The Labute approximate surface area is 245 Å². The minimum absolute atomic E-state index is 0.590. The number of furan rings is 1. The molecule has 0 amide bonds. The largest absolute Gasteiger partial charge is 0.437 e. The SMILES string of the molecule is c1ccc(-c2nc(-c3ccccc3)nc(-c3cccc(-n4c5oc6ccccc6c5n5c6ccccc6nc45)c3)n2)cc1. The Hall–Kier alpha value is -6.08. The third-order valence-corrected chi connectivity index (χ3v) is 7.78. The van der Waals surface area contributed by atoms with Gasteiger partial charge in [0.05, 0.1) is 16.7 Å². The van der Waals surface area contributed by atoms with Crippen molar-refractivity contribution >= 4 is 39.0 Å². The molecule has 0 fully saturated rings. The highest BCUT2D eigenvalue weighted by Gasteiger charge is 2.23. The second-order valence-corrected chi connectivity index (χ2v) is 10.4. The molecule has 5 aromatic carbocycles. The number of fused-ring (bicyclic) bond motifs is 7. The van der Waals surface area contributed by atoms with Crippen LogP contribution in [-0.4, -0.2) is 28.9 Å². The first-order valence-corrected chi connectivity index (χ1v) is 14.1. The summed E-state index contributed by atoms with van der Waals surface area (Å²) in [6.07, 6.45) is 0. The summed E-state index contributed by atoms with van der Waals surface area (Å²) in [7, 11) is 0. The van der Waals surface area contributed by atoms with E-state index >= 15 is 0 Å². The molecule has 0 atom stereocenters. The van der Waals surface area contributed by atoms with Crippen molar-refractivity contribution in [2.75, 3.05) is 0 Å². The first-order valence-electron chi connectivity index (χ1n) is 14.1. The van der Waals surface area contributed by atoms with Crippen LogP contribution in [0, 0.1) is 0 Å². The highest BCUT2D eigenvalue weighted by atomic mass is 16.3. The van der Waals surface area contributed by atoms with Gasteiger partial charge in [-0.1, -0.05) is 97.1 Å². The lowest BCUT2D eigenvalue weighted by molar-refractivity contribution is 0.645. The fourth-order valence-corrected chi connectivity index (χ4v) is 5.82. The van der Waals surface area contributed by atoms with Crippen LogP contribution in [0.25, 0.3) is 78.9 Å². The average molecular weight is 555 g/mol. The molecule has 9 aromatic rings. The molecule has 0 N–H and O–H groups in total. The summed E-state index contributed by atoms with van der Waals surface area (Å²) in [4.78, 5) is 19.8. The molecule has 7 nitrogen and oxygen atoms in total. The van der Waals surface area contributed by atoms with E-state index in [1.165, 1.54) is 0 Å². The first-order chi connectivity index (χ1) is 21.3. The Bertz CT molecular complexity index is 2310. The molecule has 0 spiro atoms.